The molecule has 1 aromatic rings. The molecule has 1 aliphatic heterocycles. The van der Waals surface area contributed by atoms with E-state index in [4.69, 9.17) is 5.11 Å². The first kappa shape index (κ1) is 13.0. The predicted octanol–water partition coefficient (Wildman–Crippen LogP) is 0.475. The molecule has 2 heterocycles. The first-order valence-corrected chi connectivity index (χ1v) is 7.19. The number of fused-ring (bicyclic) bond motifs is 1. The minimum absolute atomic E-state index is 0.263. The number of nitrogens with one attached hydrogen (secondary N) is 2. The van der Waals surface area contributed by atoms with E-state index in [1.165, 1.54) is 11.3 Å². The average Bonchev–Trinajstić information content (AvgIpc) is 2.91. The third-order valence-electron chi connectivity index (χ3n) is 3.55. The summed E-state index contributed by atoms with van der Waals surface area (Å²) >= 11 is 1.39. The topological polar surface area (TPSA) is 108 Å². The van der Waals surface area contributed by atoms with Crippen molar-refractivity contribution in [3.8, 4) is 0 Å². The normalized spacial score (nSPS) is 25.2. The summed E-state index contributed by atoms with van der Waals surface area (Å²) in [6.07, 6.45) is 2.02. The summed E-state index contributed by atoms with van der Waals surface area (Å²) < 4.78 is 0. The van der Waals surface area contributed by atoms with E-state index in [0.717, 1.165) is 4.88 Å². The quantitative estimate of drug-likeness (QED) is 0.700. The molecule has 1 saturated heterocycles. The van der Waals surface area contributed by atoms with E-state index < -0.39 is 17.9 Å². The zero-order valence-corrected chi connectivity index (χ0v) is 11.3. The molecule has 0 radical (unpaired) electrons. The van der Waals surface area contributed by atoms with E-state index in [1.54, 1.807) is 0 Å². The van der Waals surface area contributed by atoms with Crippen LogP contribution in [0.2, 0.25) is 0 Å². The van der Waals surface area contributed by atoms with Gasteiger partial charge in [-0.05, 0) is 19.3 Å². The van der Waals surface area contributed by atoms with Crippen molar-refractivity contribution in [1.82, 2.24) is 10.3 Å². The number of piperidine rings is 1. The predicted molar refractivity (Wildman–Crippen MR) is 70.6 cm³/mol. The molecule has 1 fully saturated rings. The monoisotopic (exact) mass is 295 g/mol. The summed E-state index contributed by atoms with van der Waals surface area (Å²) in [4.78, 5) is 39.1. The summed E-state index contributed by atoms with van der Waals surface area (Å²) in [5.74, 6) is -2.02. The first-order chi connectivity index (χ1) is 9.54. The fraction of sp³-hybridized carbons (Fsp3) is 0.500. The molecule has 3 N–H and O–H groups in total. The molecule has 2 amide bonds. The second-order valence-corrected chi connectivity index (χ2v) is 5.99. The number of hydrogen-bond donors (Lipinski definition) is 3. The molecule has 2 unspecified atom stereocenters. The van der Waals surface area contributed by atoms with Gasteiger partial charge >= 0.3 is 5.97 Å². The van der Waals surface area contributed by atoms with Crippen LogP contribution in [0.25, 0.3) is 0 Å². The van der Waals surface area contributed by atoms with Crippen molar-refractivity contribution < 1.29 is 19.5 Å². The second kappa shape index (κ2) is 4.86. The van der Waals surface area contributed by atoms with E-state index in [1.807, 2.05) is 0 Å². The lowest BCUT2D eigenvalue weighted by Gasteiger charge is -2.21. The number of carbonyl (C=O) groups excluding carboxylic acids is 2. The molecular formula is C12H13N3O4S. The SMILES string of the molecule is O=C1CCC(Nc2nc3c(s2)CCC3C(=O)O)C(=O)N1. The van der Waals surface area contributed by atoms with Crippen LogP contribution in [-0.4, -0.2) is 33.9 Å². The van der Waals surface area contributed by atoms with Crippen LogP contribution < -0.4 is 10.6 Å². The lowest BCUT2D eigenvalue weighted by molar-refractivity contribution is -0.139. The molecule has 0 spiro atoms. The minimum Gasteiger partial charge on any atom is -0.481 e. The summed E-state index contributed by atoms with van der Waals surface area (Å²) in [6, 6.07) is -0.484. The number of amides is 2. The van der Waals surface area contributed by atoms with Crippen molar-refractivity contribution in [2.24, 2.45) is 0 Å². The summed E-state index contributed by atoms with van der Waals surface area (Å²) in [7, 11) is 0. The van der Waals surface area contributed by atoms with Gasteiger partial charge in [0.05, 0.1) is 5.69 Å². The van der Waals surface area contributed by atoms with Crippen LogP contribution in [0.5, 0.6) is 0 Å². The maximum absolute atomic E-state index is 11.6. The lowest BCUT2D eigenvalue weighted by atomic mass is 10.1. The van der Waals surface area contributed by atoms with Gasteiger partial charge in [0.1, 0.15) is 12.0 Å². The van der Waals surface area contributed by atoms with E-state index in [0.29, 0.717) is 36.5 Å². The highest BCUT2D eigenvalue weighted by Crippen LogP contribution is 2.38. The number of carbonyl (C=O) groups is 3. The van der Waals surface area contributed by atoms with Gasteiger partial charge in [-0.3, -0.25) is 19.7 Å². The van der Waals surface area contributed by atoms with E-state index in [9.17, 15) is 14.4 Å². The highest BCUT2D eigenvalue weighted by atomic mass is 32.1. The number of nitrogens with zero attached hydrogens (tertiary/aromatic N) is 1. The van der Waals surface area contributed by atoms with Crippen molar-refractivity contribution in [2.75, 3.05) is 5.32 Å². The fourth-order valence-electron chi connectivity index (χ4n) is 2.51. The van der Waals surface area contributed by atoms with Crippen LogP contribution in [-0.2, 0) is 20.8 Å². The zero-order valence-electron chi connectivity index (χ0n) is 10.5. The van der Waals surface area contributed by atoms with Crippen molar-refractivity contribution in [3.05, 3.63) is 10.6 Å². The molecule has 106 valence electrons. The molecule has 0 aromatic carbocycles. The minimum atomic E-state index is -0.860. The largest absolute Gasteiger partial charge is 0.481 e. The number of hydrogen-bond acceptors (Lipinski definition) is 6. The molecule has 2 aliphatic rings. The Kier molecular flexibility index (Phi) is 3.17. The Balaban J connectivity index is 1.74. The van der Waals surface area contributed by atoms with E-state index >= 15 is 0 Å². The standard InChI is InChI=1S/C12H13N3O4S/c16-8-4-2-6(10(17)14-8)13-12-15-9-5(11(18)19)1-3-7(9)20-12/h5-6H,1-4H2,(H,13,15)(H,18,19)(H,14,16,17). The number of thiazole rings is 1. The number of aryl methyl sites for hydroxylation is 1. The van der Waals surface area contributed by atoms with Crippen molar-refractivity contribution in [1.29, 1.82) is 0 Å². The Labute approximate surface area is 118 Å². The Hall–Kier alpha value is -1.96. The van der Waals surface area contributed by atoms with Gasteiger partial charge in [0.15, 0.2) is 5.13 Å². The Morgan fingerprint density at radius 1 is 1.35 bits per heavy atom. The fourth-order valence-corrected chi connectivity index (χ4v) is 3.60. The van der Waals surface area contributed by atoms with Crippen molar-refractivity contribution >= 4 is 34.3 Å². The second-order valence-electron chi connectivity index (χ2n) is 4.90. The number of aliphatic carboxylic acids is 1. The third kappa shape index (κ3) is 2.26. The van der Waals surface area contributed by atoms with Crippen LogP contribution in [0.4, 0.5) is 5.13 Å². The summed E-state index contributed by atoms with van der Waals surface area (Å²) in [5.41, 5.74) is 0.609. The lowest BCUT2D eigenvalue weighted by Crippen LogP contribution is -2.47. The number of carboxylic acids is 1. The molecule has 1 aliphatic carbocycles. The van der Waals surface area contributed by atoms with Gasteiger partial charge in [0.25, 0.3) is 0 Å². The Bertz CT molecular complexity index is 598. The molecule has 20 heavy (non-hydrogen) atoms. The van der Waals surface area contributed by atoms with Gasteiger partial charge in [-0.15, -0.1) is 11.3 Å². The van der Waals surface area contributed by atoms with E-state index in [2.05, 4.69) is 15.6 Å². The van der Waals surface area contributed by atoms with Crippen molar-refractivity contribution in [3.63, 3.8) is 0 Å². The maximum Gasteiger partial charge on any atom is 0.312 e. The molecular weight excluding hydrogens is 282 g/mol. The van der Waals surface area contributed by atoms with Gasteiger partial charge < -0.3 is 10.4 Å². The highest BCUT2D eigenvalue weighted by Gasteiger charge is 2.33. The Morgan fingerprint density at radius 2 is 2.15 bits per heavy atom. The first-order valence-electron chi connectivity index (χ1n) is 6.37. The van der Waals surface area contributed by atoms with Gasteiger partial charge in [-0.2, -0.15) is 0 Å². The number of anilines is 1. The van der Waals surface area contributed by atoms with Gasteiger partial charge in [0, 0.05) is 11.3 Å². The van der Waals surface area contributed by atoms with Crippen LogP contribution in [0.15, 0.2) is 0 Å². The molecule has 7 nitrogen and oxygen atoms in total. The summed E-state index contributed by atoms with van der Waals surface area (Å²) in [5, 5.41) is 14.9. The van der Waals surface area contributed by atoms with E-state index in [-0.39, 0.29) is 11.8 Å². The molecule has 0 bridgehead atoms. The molecule has 8 heteroatoms. The Morgan fingerprint density at radius 3 is 2.85 bits per heavy atom. The number of imide groups is 1. The number of aromatic nitrogens is 1. The molecule has 1 aromatic heterocycles. The molecule has 2 atom stereocenters. The van der Waals surface area contributed by atoms with Crippen LogP contribution in [0, 0.1) is 0 Å². The van der Waals surface area contributed by atoms with Crippen LogP contribution >= 0.6 is 11.3 Å². The van der Waals surface area contributed by atoms with Gasteiger partial charge in [-0.25, -0.2) is 4.98 Å². The average molecular weight is 295 g/mol. The molecule has 3 rings (SSSR count). The van der Waals surface area contributed by atoms with Crippen LogP contribution in [0.3, 0.4) is 0 Å². The smallest absolute Gasteiger partial charge is 0.312 e. The zero-order chi connectivity index (χ0) is 14.3. The molecule has 0 saturated carbocycles. The van der Waals surface area contributed by atoms with Gasteiger partial charge in [0.2, 0.25) is 11.8 Å². The van der Waals surface area contributed by atoms with Crippen LogP contribution in [0.1, 0.15) is 35.8 Å². The highest BCUT2D eigenvalue weighted by molar-refractivity contribution is 7.15. The van der Waals surface area contributed by atoms with Crippen molar-refractivity contribution in [2.45, 2.75) is 37.6 Å². The third-order valence-corrected chi connectivity index (χ3v) is 4.61. The number of carboxylic acid groups (broad SMARTS) is 1. The number of rotatable bonds is 3. The maximum atomic E-state index is 11.6. The van der Waals surface area contributed by atoms with Gasteiger partial charge in [-0.1, -0.05) is 0 Å². The summed E-state index contributed by atoms with van der Waals surface area (Å²) in [6.45, 7) is 0.